The standard InChI is InChI=1S/C16H16N2O4/c1-4-10(2)17-14(20)13(11(3)19)15(21)18(16(17)22)12-8-6-5-7-9-12/h4-10,20H,1H2,2-3H3. The highest BCUT2D eigenvalue weighted by Gasteiger charge is 2.24. The Balaban J connectivity index is 3.00. The Bertz CT molecular complexity index is 847. The summed E-state index contributed by atoms with van der Waals surface area (Å²) in [6.07, 6.45) is 1.44. The van der Waals surface area contributed by atoms with Crippen LogP contribution in [0.15, 0.2) is 52.6 Å². The minimum Gasteiger partial charge on any atom is -0.494 e. The van der Waals surface area contributed by atoms with E-state index < -0.39 is 34.5 Å². The number of benzene rings is 1. The summed E-state index contributed by atoms with van der Waals surface area (Å²) in [7, 11) is 0. The van der Waals surface area contributed by atoms with Crippen LogP contribution in [0, 0.1) is 0 Å². The van der Waals surface area contributed by atoms with Crippen molar-refractivity contribution in [3.05, 3.63) is 69.4 Å². The largest absolute Gasteiger partial charge is 0.494 e. The summed E-state index contributed by atoms with van der Waals surface area (Å²) in [6, 6.07) is 7.65. The number of aromatic nitrogens is 2. The summed E-state index contributed by atoms with van der Waals surface area (Å²) in [5.74, 6) is -1.25. The number of hydrogen-bond acceptors (Lipinski definition) is 4. The van der Waals surface area contributed by atoms with Gasteiger partial charge in [-0.2, -0.15) is 0 Å². The van der Waals surface area contributed by atoms with Crippen LogP contribution in [0.1, 0.15) is 30.2 Å². The maximum atomic E-state index is 12.6. The van der Waals surface area contributed by atoms with E-state index in [0.717, 1.165) is 9.13 Å². The molecule has 0 saturated carbocycles. The highest BCUT2D eigenvalue weighted by Crippen LogP contribution is 2.18. The molecule has 22 heavy (non-hydrogen) atoms. The van der Waals surface area contributed by atoms with Gasteiger partial charge in [-0.1, -0.05) is 24.3 Å². The molecule has 1 heterocycles. The molecule has 1 atom stereocenters. The first-order valence-electron chi connectivity index (χ1n) is 6.69. The Labute approximate surface area is 126 Å². The van der Waals surface area contributed by atoms with Gasteiger partial charge in [-0.05, 0) is 26.0 Å². The normalized spacial score (nSPS) is 11.9. The summed E-state index contributed by atoms with van der Waals surface area (Å²) in [6.45, 7) is 6.36. The van der Waals surface area contributed by atoms with E-state index in [9.17, 15) is 19.5 Å². The van der Waals surface area contributed by atoms with Gasteiger partial charge >= 0.3 is 5.69 Å². The molecule has 1 aromatic heterocycles. The summed E-state index contributed by atoms with van der Waals surface area (Å²) < 4.78 is 1.84. The molecule has 0 saturated heterocycles. The van der Waals surface area contributed by atoms with Crippen molar-refractivity contribution in [1.82, 2.24) is 9.13 Å². The molecule has 0 bridgehead atoms. The number of rotatable bonds is 4. The van der Waals surface area contributed by atoms with Gasteiger partial charge in [0.1, 0.15) is 5.56 Å². The molecule has 0 aliphatic heterocycles. The molecular weight excluding hydrogens is 284 g/mol. The Morgan fingerprint density at radius 1 is 1.27 bits per heavy atom. The minimum atomic E-state index is -0.839. The van der Waals surface area contributed by atoms with E-state index in [1.54, 1.807) is 37.3 Å². The van der Waals surface area contributed by atoms with Crippen molar-refractivity contribution in [2.75, 3.05) is 0 Å². The predicted molar refractivity (Wildman–Crippen MR) is 82.9 cm³/mol. The van der Waals surface area contributed by atoms with Crippen LogP contribution in [0.3, 0.4) is 0 Å². The van der Waals surface area contributed by atoms with Crippen LogP contribution in [0.4, 0.5) is 0 Å². The van der Waals surface area contributed by atoms with Crippen molar-refractivity contribution in [2.45, 2.75) is 19.9 Å². The summed E-state index contributed by atoms with van der Waals surface area (Å²) in [4.78, 5) is 36.8. The van der Waals surface area contributed by atoms with Gasteiger partial charge in [0.2, 0.25) is 5.88 Å². The summed E-state index contributed by atoms with van der Waals surface area (Å²) in [5.41, 5.74) is -1.66. The van der Waals surface area contributed by atoms with Gasteiger partial charge in [-0.15, -0.1) is 6.58 Å². The third-order valence-electron chi connectivity index (χ3n) is 3.38. The SMILES string of the molecule is C=CC(C)n1c(O)c(C(C)=O)c(=O)n(-c2ccccc2)c1=O. The van der Waals surface area contributed by atoms with E-state index in [1.165, 1.54) is 13.0 Å². The monoisotopic (exact) mass is 300 g/mol. The predicted octanol–water partition coefficient (Wildman–Crippen LogP) is 1.65. The molecule has 2 aromatic rings. The van der Waals surface area contributed by atoms with Crippen molar-refractivity contribution in [3.8, 4) is 11.6 Å². The lowest BCUT2D eigenvalue weighted by Crippen LogP contribution is -2.42. The van der Waals surface area contributed by atoms with E-state index >= 15 is 0 Å². The van der Waals surface area contributed by atoms with Gasteiger partial charge in [0, 0.05) is 0 Å². The lowest BCUT2D eigenvalue weighted by Gasteiger charge is -2.17. The van der Waals surface area contributed by atoms with Crippen LogP contribution in [-0.2, 0) is 0 Å². The lowest BCUT2D eigenvalue weighted by molar-refractivity contribution is 0.101. The number of allylic oxidation sites excluding steroid dienone is 1. The molecule has 0 radical (unpaired) electrons. The second-order valence-corrected chi connectivity index (χ2v) is 4.86. The van der Waals surface area contributed by atoms with Crippen LogP contribution in [0.25, 0.3) is 5.69 Å². The number of nitrogens with zero attached hydrogens (tertiary/aromatic N) is 2. The highest BCUT2D eigenvalue weighted by molar-refractivity contribution is 5.95. The second kappa shape index (κ2) is 5.85. The highest BCUT2D eigenvalue weighted by atomic mass is 16.3. The summed E-state index contributed by atoms with van der Waals surface area (Å²) >= 11 is 0. The number of aromatic hydroxyl groups is 1. The quantitative estimate of drug-likeness (QED) is 0.687. The molecular formula is C16H16N2O4. The number of carbonyl (C=O) groups excluding carboxylic acids is 1. The van der Waals surface area contributed by atoms with Crippen LogP contribution in [0.2, 0.25) is 0 Å². The molecule has 0 fully saturated rings. The molecule has 1 aromatic carbocycles. The van der Waals surface area contributed by atoms with Crippen LogP contribution < -0.4 is 11.2 Å². The maximum Gasteiger partial charge on any atom is 0.339 e. The average Bonchev–Trinajstić information content (AvgIpc) is 2.47. The number of carbonyl (C=O) groups is 1. The topological polar surface area (TPSA) is 81.3 Å². The molecule has 6 heteroatoms. The van der Waals surface area contributed by atoms with Crippen molar-refractivity contribution in [2.24, 2.45) is 0 Å². The van der Waals surface area contributed by atoms with E-state index in [4.69, 9.17) is 0 Å². The zero-order valence-corrected chi connectivity index (χ0v) is 12.3. The van der Waals surface area contributed by atoms with Gasteiger partial charge in [-0.3, -0.25) is 14.2 Å². The number of ketones is 1. The zero-order valence-electron chi connectivity index (χ0n) is 12.3. The molecule has 0 aliphatic carbocycles. The zero-order chi connectivity index (χ0) is 16.4. The molecule has 6 nitrogen and oxygen atoms in total. The molecule has 1 N–H and O–H groups in total. The van der Waals surface area contributed by atoms with E-state index in [1.807, 2.05) is 0 Å². The number of para-hydroxylation sites is 1. The van der Waals surface area contributed by atoms with Gasteiger partial charge in [0.25, 0.3) is 5.56 Å². The Kier molecular flexibility index (Phi) is 4.12. The molecule has 2 rings (SSSR count). The van der Waals surface area contributed by atoms with E-state index in [0.29, 0.717) is 5.69 Å². The average molecular weight is 300 g/mol. The van der Waals surface area contributed by atoms with Gasteiger partial charge < -0.3 is 5.11 Å². The molecule has 114 valence electrons. The van der Waals surface area contributed by atoms with E-state index in [-0.39, 0.29) is 0 Å². The first-order chi connectivity index (χ1) is 10.4. The Morgan fingerprint density at radius 2 is 1.86 bits per heavy atom. The fraction of sp³-hybridized carbons (Fsp3) is 0.188. The molecule has 0 aliphatic rings. The Morgan fingerprint density at radius 3 is 2.36 bits per heavy atom. The van der Waals surface area contributed by atoms with Crippen LogP contribution in [-0.4, -0.2) is 20.0 Å². The smallest absolute Gasteiger partial charge is 0.339 e. The molecule has 0 spiro atoms. The first kappa shape index (κ1) is 15.5. The van der Waals surface area contributed by atoms with Crippen LogP contribution >= 0.6 is 0 Å². The van der Waals surface area contributed by atoms with Crippen LogP contribution in [0.5, 0.6) is 5.88 Å². The van der Waals surface area contributed by atoms with Crippen molar-refractivity contribution in [1.29, 1.82) is 0 Å². The van der Waals surface area contributed by atoms with Crippen molar-refractivity contribution in [3.63, 3.8) is 0 Å². The second-order valence-electron chi connectivity index (χ2n) is 4.86. The van der Waals surface area contributed by atoms with Gasteiger partial charge in [0.05, 0.1) is 11.7 Å². The van der Waals surface area contributed by atoms with Crippen molar-refractivity contribution < 1.29 is 9.90 Å². The fourth-order valence-corrected chi connectivity index (χ4v) is 2.20. The fourth-order valence-electron chi connectivity index (χ4n) is 2.20. The third-order valence-corrected chi connectivity index (χ3v) is 3.38. The van der Waals surface area contributed by atoms with Gasteiger partial charge in [0.15, 0.2) is 5.78 Å². The minimum absolute atomic E-state index is 0.324. The van der Waals surface area contributed by atoms with Crippen molar-refractivity contribution >= 4 is 5.78 Å². The number of hydrogen-bond donors (Lipinski definition) is 1. The first-order valence-corrected chi connectivity index (χ1v) is 6.69. The maximum absolute atomic E-state index is 12.6. The molecule has 0 amide bonds. The lowest BCUT2D eigenvalue weighted by atomic mass is 10.2. The molecule has 1 unspecified atom stereocenters. The van der Waals surface area contributed by atoms with Gasteiger partial charge in [-0.25, -0.2) is 9.36 Å². The number of Topliss-reactive ketones (excluding diaryl/α,β-unsaturated/α-hetero) is 1. The Hall–Kier alpha value is -2.89. The van der Waals surface area contributed by atoms with E-state index in [2.05, 4.69) is 6.58 Å². The third kappa shape index (κ3) is 2.39. The summed E-state index contributed by atoms with van der Waals surface area (Å²) in [5, 5.41) is 10.2.